The molecule has 0 aromatic heterocycles. The van der Waals surface area contributed by atoms with E-state index in [4.69, 9.17) is 9.47 Å². The SMILES string of the molecule is COCCOc1c(C)cc([CH]CBr)cc1C. The molecule has 2 nitrogen and oxygen atoms in total. The summed E-state index contributed by atoms with van der Waals surface area (Å²) >= 11 is 3.40. The van der Waals surface area contributed by atoms with Gasteiger partial charge in [0.05, 0.1) is 6.61 Å². The summed E-state index contributed by atoms with van der Waals surface area (Å²) in [5.74, 6) is 0.976. The number of benzene rings is 1. The summed E-state index contributed by atoms with van der Waals surface area (Å²) in [6.07, 6.45) is 2.14. The first kappa shape index (κ1) is 13.5. The summed E-state index contributed by atoms with van der Waals surface area (Å²) in [4.78, 5) is 0. The van der Waals surface area contributed by atoms with Crippen molar-refractivity contribution in [3.63, 3.8) is 0 Å². The maximum Gasteiger partial charge on any atom is 0.125 e. The van der Waals surface area contributed by atoms with Gasteiger partial charge in [-0.05, 0) is 30.5 Å². The Balaban J connectivity index is 2.77. The Bertz CT molecular complexity index is 314. The Morgan fingerprint density at radius 2 is 1.81 bits per heavy atom. The van der Waals surface area contributed by atoms with Crippen molar-refractivity contribution in [3.8, 4) is 5.75 Å². The van der Waals surface area contributed by atoms with E-state index in [-0.39, 0.29) is 0 Å². The van der Waals surface area contributed by atoms with Crippen molar-refractivity contribution in [3.05, 3.63) is 35.2 Å². The lowest BCUT2D eigenvalue weighted by molar-refractivity contribution is 0.145. The third-order valence-corrected chi connectivity index (χ3v) is 2.65. The molecule has 0 aliphatic carbocycles. The Morgan fingerprint density at radius 1 is 1.19 bits per heavy atom. The fraction of sp³-hybridized carbons (Fsp3) is 0.462. The summed E-state index contributed by atoms with van der Waals surface area (Å²) in [6.45, 7) is 5.36. The molecule has 0 fully saturated rings. The fourth-order valence-electron chi connectivity index (χ4n) is 1.65. The van der Waals surface area contributed by atoms with Crippen LogP contribution in [-0.2, 0) is 4.74 Å². The average Bonchev–Trinajstić information content (AvgIpc) is 2.23. The van der Waals surface area contributed by atoms with Crippen LogP contribution in [0, 0.1) is 20.3 Å². The van der Waals surface area contributed by atoms with Crippen molar-refractivity contribution in [2.75, 3.05) is 25.7 Å². The highest BCUT2D eigenvalue weighted by Gasteiger charge is 2.06. The highest BCUT2D eigenvalue weighted by molar-refractivity contribution is 9.09. The Hall–Kier alpha value is -0.540. The molecule has 0 heterocycles. The zero-order chi connectivity index (χ0) is 12.0. The van der Waals surface area contributed by atoms with E-state index >= 15 is 0 Å². The third kappa shape index (κ3) is 3.80. The molecule has 0 saturated heterocycles. The number of aryl methyl sites for hydroxylation is 2. The molecule has 16 heavy (non-hydrogen) atoms. The van der Waals surface area contributed by atoms with Crippen LogP contribution in [0.2, 0.25) is 0 Å². The molecule has 0 spiro atoms. The lowest BCUT2D eigenvalue weighted by Gasteiger charge is -2.13. The molecular formula is C13H18BrO2. The fourth-order valence-corrected chi connectivity index (χ4v) is 2.02. The minimum absolute atomic E-state index is 0.597. The van der Waals surface area contributed by atoms with Gasteiger partial charge in [0.15, 0.2) is 0 Å². The summed E-state index contributed by atoms with van der Waals surface area (Å²) in [7, 11) is 1.68. The van der Waals surface area contributed by atoms with Gasteiger partial charge >= 0.3 is 0 Å². The molecule has 89 valence electrons. The number of hydrogen-bond donors (Lipinski definition) is 0. The first-order valence-electron chi connectivity index (χ1n) is 5.31. The van der Waals surface area contributed by atoms with Crippen LogP contribution in [0.1, 0.15) is 16.7 Å². The van der Waals surface area contributed by atoms with Gasteiger partial charge in [-0.3, -0.25) is 0 Å². The maximum atomic E-state index is 5.69. The zero-order valence-corrected chi connectivity index (χ0v) is 11.6. The van der Waals surface area contributed by atoms with Crippen LogP contribution in [0.3, 0.4) is 0 Å². The largest absolute Gasteiger partial charge is 0.491 e. The van der Waals surface area contributed by atoms with Gasteiger partial charge in [-0.2, -0.15) is 0 Å². The average molecular weight is 286 g/mol. The smallest absolute Gasteiger partial charge is 0.125 e. The van der Waals surface area contributed by atoms with Crippen molar-refractivity contribution in [1.82, 2.24) is 0 Å². The highest BCUT2D eigenvalue weighted by atomic mass is 79.9. The molecule has 0 saturated carbocycles. The minimum atomic E-state index is 0.597. The number of ether oxygens (including phenoxy) is 2. The second-order valence-electron chi connectivity index (χ2n) is 3.68. The zero-order valence-electron chi connectivity index (χ0n) is 10.0. The Labute approximate surface area is 106 Å². The Kier molecular flexibility index (Phi) is 5.85. The molecule has 0 atom stereocenters. The topological polar surface area (TPSA) is 18.5 Å². The molecule has 0 bridgehead atoms. The first-order chi connectivity index (χ1) is 7.69. The van der Waals surface area contributed by atoms with E-state index in [1.807, 2.05) is 0 Å². The van der Waals surface area contributed by atoms with Gasteiger partial charge < -0.3 is 9.47 Å². The summed E-state index contributed by atoms with van der Waals surface area (Å²) in [5, 5.41) is 0.871. The lowest BCUT2D eigenvalue weighted by atomic mass is 10.0. The molecule has 1 aromatic rings. The van der Waals surface area contributed by atoms with Crippen LogP contribution in [0.15, 0.2) is 12.1 Å². The van der Waals surface area contributed by atoms with Gasteiger partial charge in [-0.1, -0.05) is 28.1 Å². The predicted molar refractivity (Wildman–Crippen MR) is 70.5 cm³/mol. The van der Waals surface area contributed by atoms with Crippen LogP contribution < -0.4 is 4.74 Å². The number of hydrogen-bond acceptors (Lipinski definition) is 2. The van der Waals surface area contributed by atoms with Crippen molar-refractivity contribution in [2.24, 2.45) is 0 Å². The van der Waals surface area contributed by atoms with E-state index in [0.717, 1.165) is 11.1 Å². The molecular weight excluding hydrogens is 268 g/mol. The lowest BCUT2D eigenvalue weighted by Crippen LogP contribution is -2.06. The van der Waals surface area contributed by atoms with Crippen molar-refractivity contribution in [2.45, 2.75) is 13.8 Å². The number of methoxy groups -OCH3 is 1. The van der Waals surface area contributed by atoms with Crippen LogP contribution >= 0.6 is 15.9 Å². The second kappa shape index (κ2) is 6.92. The van der Waals surface area contributed by atoms with Crippen molar-refractivity contribution < 1.29 is 9.47 Å². The van der Waals surface area contributed by atoms with E-state index < -0.39 is 0 Å². The molecule has 0 amide bonds. The summed E-state index contributed by atoms with van der Waals surface area (Å²) in [5.41, 5.74) is 3.57. The van der Waals surface area contributed by atoms with E-state index in [1.54, 1.807) is 7.11 Å². The molecule has 1 aromatic carbocycles. The van der Waals surface area contributed by atoms with Gasteiger partial charge in [0.1, 0.15) is 12.4 Å². The molecule has 0 unspecified atom stereocenters. The second-order valence-corrected chi connectivity index (χ2v) is 4.33. The number of rotatable bonds is 6. The maximum absolute atomic E-state index is 5.69. The van der Waals surface area contributed by atoms with E-state index in [2.05, 4.69) is 48.3 Å². The van der Waals surface area contributed by atoms with E-state index in [9.17, 15) is 0 Å². The molecule has 0 aliphatic rings. The van der Waals surface area contributed by atoms with Crippen LogP contribution in [0.4, 0.5) is 0 Å². The molecule has 1 rings (SSSR count). The third-order valence-electron chi connectivity index (χ3n) is 2.33. The minimum Gasteiger partial charge on any atom is -0.491 e. The van der Waals surface area contributed by atoms with Gasteiger partial charge in [0.25, 0.3) is 0 Å². The normalized spacial score (nSPS) is 10.5. The van der Waals surface area contributed by atoms with Crippen molar-refractivity contribution in [1.29, 1.82) is 0 Å². The van der Waals surface area contributed by atoms with Crippen LogP contribution in [0.5, 0.6) is 5.75 Å². The molecule has 1 radical (unpaired) electrons. The number of alkyl halides is 1. The molecule has 0 aliphatic heterocycles. The van der Waals surface area contributed by atoms with Crippen LogP contribution in [0.25, 0.3) is 0 Å². The number of halogens is 1. The summed E-state index contributed by atoms with van der Waals surface area (Å²) < 4.78 is 10.7. The first-order valence-corrected chi connectivity index (χ1v) is 6.43. The molecule has 3 heteroatoms. The van der Waals surface area contributed by atoms with Gasteiger partial charge in [0.2, 0.25) is 0 Å². The van der Waals surface area contributed by atoms with Crippen LogP contribution in [-0.4, -0.2) is 25.7 Å². The molecule has 0 N–H and O–H groups in total. The summed E-state index contributed by atoms with van der Waals surface area (Å²) in [6, 6.07) is 4.27. The van der Waals surface area contributed by atoms with E-state index in [1.165, 1.54) is 16.7 Å². The monoisotopic (exact) mass is 285 g/mol. The highest BCUT2D eigenvalue weighted by Crippen LogP contribution is 2.25. The van der Waals surface area contributed by atoms with Gasteiger partial charge in [-0.15, -0.1) is 0 Å². The van der Waals surface area contributed by atoms with E-state index in [0.29, 0.717) is 13.2 Å². The van der Waals surface area contributed by atoms with Gasteiger partial charge in [-0.25, -0.2) is 0 Å². The van der Waals surface area contributed by atoms with Gasteiger partial charge in [0, 0.05) is 18.9 Å². The van der Waals surface area contributed by atoms with Crippen molar-refractivity contribution >= 4 is 15.9 Å². The Morgan fingerprint density at radius 3 is 2.31 bits per heavy atom. The predicted octanol–water partition coefficient (Wildman–Crippen LogP) is 3.28. The quantitative estimate of drug-likeness (QED) is 0.590. The standard InChI is InChI=1S/C13H18BrO2/c1-10-8-12(4-5-14)9-11(2)13(10)16-7-6-15-3/h4,8-9H,5-7H2,1-3H3.